The van der Waals surface area contributed by atoms with Crippen LogP contribution in [0, 0.1) is 0 Å². The van der Waals surface area contributed by atoms with Gasteiger partial charge in [0.25, 0.3) is 5.91 Å². The van der Waals surface area contributed by atoms with Gasteiger partial charge in [-0.1, -0.05) is 6.07 Å². The molecule has 2 amide bonds. The van der Waals surface area contributed by atoms with Crippen LogP contribution in [0.5, 0.6) is 0 Å². The summed E-state index contributed by atoms with van der Waals surface area (Å²) in [7, 11) is 0. The van der Waals surface area contributed by atoms with Gasteiger partial charge in [0.1, 0.15) is 0 Å². The van der Waals surface area contributed by atoms with Gasteiger partial charge in [0.05, 0.1) is 0 Å². The minimum Gasteiger partial charge on any atom is -0.351 e. The summed E-state index contributed by atoms with van der Waals surface area (Å²) in [5, 5.41) is 9.18. The summed E-state index contributed by atoms with van der Waals surface area (Å²) < 4.78 is 0. The Bertz CT molecular complexity index is 612. The summed E-state index contributed by atoms with van der Waals surface area (Å²) in [4.78, 5) is 24.6. The standard InChI is InChI=1S/C15H16N2O2S2/c1-20-13-4-2-3-12(9-13)17-14(18)5-7-16-15(19)11-6-8-21-10-11/h2-4,6,8-10H,5,7H2,1H3,(H,16,19)(H,17,18). The molecule has 0 saturated carbocycles. The maximum absolute atomic E-state index is 11.8. The number of hydrogen-bond acceptors (Lipinski definition) is 4. The molecule has 4 nitrogen and oxygen atoms in total. The van der Waals surface area contributed by atoms with Crippen molar-refractivity contribution < 1.29 is 9.59 Å². The Morgan fingerprint density at radius 3 is 2.86 bits per heavy atom. The second-order valence-electron chi connectivity index (χ2n) is 4.30. The van der Waals surface area contributed by atoms with Crippen LogP contribution >= 0.6 is 23.1 Å². The molecule has 0 spiro atoms. The molecule has 0 aliphatic carbocycles. The Kier molecular flexibility index (Phi) is 5.83. The van der Waals surface area contributed by atoms with Gasteiger partial charge in [-0.2, -0.15) is 11.3 Å². The van der Waals surface area contributed by atoms with Crippen molar-refractivity contribution in [1.29, 1.82) is 0 Å². The minimum atomic E-state index is -0.145. The highest BCUT2D eigenvalue weighted by molar-refractivity contribution is 7.98. The first-order valence-electron chi connectivity index (χ1n) is 6.43. The molecule has 110 valence electrons. The van der Waals surface area contributed by atoms with Crippen LogP contribution in [0.2, 0.25) is 0 Å². The predicted molar refractivity (Wildman–Crippen MR) is 88.1 cm³/mol. The van der Waals surface area contributed by atoms with E-state index in [9.17, 15) is 9.59 Å². The fourth-order valence-electron chi connectivity index (χ4n) is 1.71. The van der Waals surface area contributed by atoms with Crippen molar-refractivity contribution in [3.63, 3.8) is 0 Å². The monoisotopic (exact) mass is 320 g/mol. The molecule has 2 aromatic rings. The van der Waals surface area contributed by atoms with Crippen molar-refractivity contribution in [1.82, 2.24) is 5.32 Å². The van der Waals surface area contributed by atoms with E-state index in [0.717, 1.165) is 10.6 Å². The molecule has 6 heteroatoms. The van der Waals surface area contributed by atoms with E-state index in [4.69, 9.17) is 0 Å². The first-order chi connectivity index (χ1) is 10.2. The summed E-state index contributed by atoms with van der Waals surface area (Å²) in [6.07, 6.45) is 2.24. The average Bonchev–Trinajstić information content (AvgIpc) is 3.01. The lowest BCUT2D eigenvalue weighted by atomic mass is 10.3. The second kappa shape index (κ2) is 7.85. The highest BCUT2D eigenvalue weighted by Crippen LogP contribution is 2.18. The zero-order valence-corrected chi connectivity index (χ0v) is 13.2. The van der Waals surface area contributed by atoms with Crippen LogP contribution in [0.15, 0.2) is 46.0 Å². The van der Waals surface area contributed by atoms with E-state index in [2.05, 4.69) is 10.6 Å². The van der Waals surface area contributed by atoms with Crippen molar-refractivity contribution in [2.24, 2.45) is 0 Å². The van der Waals surface area contributed by atoms with Gasteiger partial charge in [-0.3, -0.25) is 9.59 Å². The highest BCUT2D eigenvalue weighted by Gasteiger charge is 2.07. The first kappa shape index (κ1) is 15.6. The highest BCUT2D eigenvalue weighted by atomic mass is 32.2. The third-order valence-corrected chi connectivity index (χ3v) is 4.18. The van der Waals surface area contributed by atoms with Crippen LogP contribution in [-0.4, -0.2) is 24.6 Å². The Labute approximate surface area is 131 Å². The number of rotatable bonds is 6. The number of amides is 2. The largest absolute Gasteiger partial charge is 0.351 e. The number of carbonyl (C=O) groups excluding carboxylic acids is 2. The quantitative estimate of drug-likeness (QED) is 0.804. The van der Waals surface area contributed by atoms with Crippen LogP contribution in [0.25, 0.3) is 0 Å². The molecule has 0 aliphatic heterocycles. The molecule has 2 rings (SSSR count). The van der Waals surface area contributed by atoms with E-state index in [1.54, 1.807) is 23.2 Å². The topological polar surface area (TPSA) is 58.2 Å². The Balaban J connectivity index is 1.76. The van der Waals surface area contributed by atoms with Crippen LogP contribution in [0.1, 0.15) is 16.8 Å². The fourth-order valence-corrected chi connectivity index (χ4v) is 2.81. The van der Waals surface area contributed by atoms with Crippen molar-refractivity contribution >= 4 is 40.6 Å². The minimum absolute atomic E-state index is 0.112. The lowest BCUT2D eigenvalue weighted by Gasteiger charge is -2.07. The molecule has 1 aromatic carbocycles. The molecule has 1 aromatic heterocycles. The lowest BCUT2D eigenvalue weighted by molar-refractivity contribution is -0.116. The van der Waals surface area contributed by atoms with Gasteiger partial charge in [-0.15, -0.1) is 11.8 Å². The van der Waals surface area contributed by atoms with Gasteiger partial charge >= 0.3 is 0 Å². The molecule has 0 saturated heterocycles. The average molecular weight is 320 g/mol. The molecule has 21 heavy (non-hydrogen) atoms. The lowest BCUT2D eigenvalue weighted by Crippen LogP contribution is -2.27. The van der Waals surface area contributed by atoms with E-state index in [-0.39, 0.29) is 18.2 Å². The molecule has 1 heterocycles. The first-order valence-corrected chi connectivity index (χ1v) is 8.60. The van der Waals surface area contributed by atoms with Crippen LogP contribution in [0.4, 0.5) is 5.69 Å². The molecule has 0 bridgehead atoms. The normalized spacial score (nSPS) is 10.1. The molecule has 0 radical (unpaired) electrons. The third kappa shape index (κ3) is 4.91. The number of nitrogens with one attached hydrogen (secondary N) is 2. The molecule has 2 N–H and O–H groups in total. The van der Waals surface area contributed by atoms with E-state index in [0.29, 0.717) is 12.1 Å². The predicted octanol–water partition coefficient (Wildman–Crippen LogP) is 3.23. The van der Waals surface area contributed by atoms with Gasteiger partial charge in [0.15, 0.2) is 0 Å². The summed E-state index contributed by atoms with van der Waals surface area (Å²) in [6, 6.07) is 9.42. The third-order valence-electron chi connectivity index (χ3n) is 2.77. The number of benzene rings is 1. The van der Waals surface area contributed by atoms with E-state index in [1.165, 1.54) is 11.3 Å². The van der Waals surface area contributed by atoms with E-state index in [1.807, 2.05) is 35.9 Å². The molecule has 0 atom stereocenters. The Morgan fingerprint density at radius 2 is 2.14 bits per heavy atom. The summed E-state index contributed by atoms with van der Waals surface area (Å²) >= 11 is 3.09. The van der Waals surface area contributed by atoms with Gasteiger partial charge in [-0.25, -0.2) is 0 Å². The Morgan fingerprint density at radius 1 is 1.29 bits per heavy atom. The van der Waals surface area contributed by atoms with Gasteiger partial charge in [0, 0.05) is 34.5 Å². The molecule has 0 fully saturated rings. The van der Waals surface area contributed by atoms with Crippen LogP contribution < -0.4 is 10.6 Å². The molecule has 0 aliphatic rings. The van der Waals surface area contributed by atoms with Crippen molar-refractivity contribution in [3.8, 4) is 0 Å². The van der Waals surface area contributed by atoms with Crippen LogP contribution in [0.3, 0.4) is 0 Å². The summed E-state index contributed by atoms with van der Waals surface area (Å²) in [6.45, 7) is 0.322. The zero-order chi connectivity index (χ0) is 15.1. The smallest absolute Gasteiger partial charge is 0.252 e. The van der Waals surface area contributed by atoms with Crippen molar-refractivity contribution in [2.75, 3.05) is 18.1 Å². The molecular formula is C15H16N2O2S2. The SMILES string of the molecule is CSc1cccc(NC(=O)CCNC(=O)c2ccsc2)c1. The summed E-state index contributed by atoms with van der Waals surface area (Å²) in [5.74, 6) is -0.257. The van der Waals surface area contributed by atoms with Gasteiger partial charge in [0.2, 0.25) is 5.91 Å². The number of carbonyl (C=O) groups is 2. The van der Waals surface area contributed by atoms with Gasteiger partial charge in [-0.05, 0) is 35.9 Å². The summed E-state index contributed by atoms with van der Waals surface area (Å²) in [5.41, 5.74) is 1.41. The van der Waals surface area contributed by atoms with Crippen LogP contribution in [-0.2, 0) is 4.79 Å². The van der Waals surface area contributed by atoms with Crippen molar-refractivity contribution in [3.05, 3.63) is 46.7 Å². The van der Waals surface area contributed by atoms with Gasteiger partial charge < -0.3 is 10.6 Å². The number of thiophene rings is 1. The van der Waals surface area contributed by atoms with Crippen molar-refractivity contribution in [2.45, 2.75) is 11.3 Å². The number of thioether (sulfide) groups is 1. The fraction of sp³-hybridized carbons (Fsp3) is 0.200. The maximum Gasteiger partial charge on any atom is 0.252 e. The molecule has 0 unspecified atom stereocenters. The number of hydrogen-bond donors (Lipinski definition) is 2. The maximum atomic E-state index is 11.8. The van der Waals surface area contributed by atoms with E-state index < -0.39 is 0 Å². The Hall–Kier alpha value is -1.79. The molecular weight excluding hydrogens is 304 g/mol. The second-order valence-corrected chi connectivity index (χ2v) is 5.96. The number of anilines is 1. The zero-order valence-electron chi connectivity index (χ0n) is 11.6. The van der Waals surface area contributed by atoms with E-state index >= 15 is 0 Å².